The third-order valence-electron chi connectivity index (χ3n) is 6.81. The molecule has 4 aromatic heterocycles. The number of piperidine rings is 1. The second kappa shape index (κ2) is 7.20. The summed E-state index contributed by atoms with van der Waals surface area (Å²) in [5.74, 6) is 0.916. The lowest BCUT2D eigenvalue weighted by atomic mass is 9.92. The predicted molar refractivity (Wildman–Crippen MR) is 121 cm³/mol. The summed E-state index contributed by atoms with van der Waals surface area (Å²) in [6.07, 6.45) is 6.09. The number of pyridine rings is 2. The summed E-state index contributed by atoms with van der Waals surface area (Å²) in [7, 11) is 2.21. The van der Waals surface area contributed by atoms with Crippen molar-refractivity contribution in [3.05, 3.63) is 47.0 Å². The summed E-state index contributed by atoms with van der Waals surface area (Å²) in [5.41, 5.74) is 10.4. The van der Waals surface area contributed by atoms with Gasteiger partial charge < -0.3 is 9.88 Å². The summed E-state index contributed by atoms with van der Waals surface area (Å²) in [6.45, 7) is 11.1. The average molecular weight is 403 g/mol. The van der Waals surface area contributed by atoms with Crippen LogP contribution in [0.25, 0.3) is 27.9 Å². The number of rotatable bonds is 3. The molecule has 0 atom stereocenters. The Balaban J connectivity index is 1.68. The Kier molecular flexibility index (Phi) is 4.62. The molecule has 1 N–H and O–H groups in total. The van der Waals surface area contributed by atoms with Gasteiger partial charge in [0.1, 0.15) is 6.33 Å². The molecule has 1 aliphatic heterocycles. The van der Waals surface area contributed by atoms with Gasteiger partial charge >= 0.3 is 0 Å². The van der Waals surface area contributed by atoms with Crippen molar-refractivity contribution in [2.75, 3.05) is 20.1 Å². The van der Waals surface area contributed by atoms with Crippen LogP contribution in [0.15, 0.2) is 24.7 Å². The molecule has 5 rings (SSSR count). The van der Waals surface area contributed by atoms with Crippen molar-refractivity contribution < 1.29 is 0 Å². The normalized spacial score (nSPS) is 16.3. The van der Waals surface area contributed by atoms with E-state index in [0.29, 0.717) is 11.8 Å². The highest BCUT2D eigenvalue weighted by Gasteiger charge is 2.24. The van der Waals surface area contributed by atoms with Gasteiger partial charge in [-0.3, -0.25) is 4.98 Å². The molecule has 0 aliphatic carbocycles. The van der Waals surface area contributed by atoms with Crippen LogP contribution in [0.3, 0.4) is 0 Å². The second-order valence-electron chi connectivity index (χ2n) is 9.10. The molecule has 0 saturated carbocycles. The van der Waals surface area contributed by atoms with E-state index in [-0.39, 0.29) is 0 Å². The molecule has 5 heterocycles. The van der Waals surface area contributed by atoms with Crippen LogP contribution in [-0.4, -0.2) is 49.6 Å². The fourth-order valence-electron chi connectivity index (χ4n) is 4.86. The number of hydrogen-bond acceptors (Lipinski definition) is 4. The summed E-state index contributed by atoms with van der Waals surface area (Å²) >= 11 is 0. The van der Waals surface area contributed by atoms with Crippen molar-refractivity contribution >= 4 is 16.7 Å². The van der Waals surface area contributed by atoms with Crippen LogP contribution in [0.4, 0.5) is 0 Å². The van der Waals surface area contributed by atoms with Crippen molar-refractivity contribution in [2.45, 2.75) is 52.4 Å². The first-order valence-electron chi connectivity index (χ1n) is 10.9. The molecule has 0 bridgehead atoms. The van der Waals surface area contributed by atoms with E-state index in [1.807, 2.05) is 4.52 Å². The maximum Gasteiger partial charge on any atom is 0.158 e. The van der Waals surface area contributed by atoms with Gasteiger partial charge in [-0.2, -0.15) is 5.10 Å². The molecule has 4 aromatic rings. The van der Waals surface area contributed by atoms with E-state index < -0.39 is 0 Å². The van der Waals surface area contributed by atoms with E-state index in [2.05, 4.69) is 73.0 Å². The molecule has 156 valence electrons. The van der Waals surface area contributed by atoms with Gasteiger partial charge in [-0.1, -0.05) is 13.8 Å². The van der Waals surface area contributed by atoms with E-state index in [9.17, 15) is 0 Å². The number of aromatic nitrogens is 5. The Morgan fingerprint density at radius 3 is 2.60 bits per heavy atom. The predicted octanol–water partition coefficient (Wildman–Crippen LogP) is 4.82. The van der Waals surface area contributed by atoms with Gasteiger partial charge in [-0.15, -0.1) is 0 Å². The Hall–Kier alpha value is -2.73. The Morgan fingerprint density at radius 1 is 1.10 bits per heavy atom. The largest absolute Gasteiger partial charge is 0.353 e. The van der Waals surface area contributed by atoms with E-state index in [1.54, 1.807) is 6.33 Å². The van der Waals surface area contributed by atoms with E-state index in [1.165, 1.54) is 40.8 Å². The molecule has 1 saturated heterocycles. The van der Waals surface area contributed by atoms with Crippen LogP contribution < -0.4 is 0 Å². The molecule has 1 fully saturated rings. The maximum absolute atomic E-state index is 5.21. The van der Waals surface area contributed by atoms with Crippen molar-refractivity contribution in [3.63, 3.8) is 0 Å². The summed E-state index contributed by atoms with van der Waals surface area (Å²) in [5, 5.41) is 4.39. The average Bonchev–Trinajstić information content (AvgIpc) is 3.35. The van der Waals surface area contributed by atoms with Gasteiger partial charge in [0.25, 0.3) is 0 Å². The summed E-state index contributed by atoms with van der Waals surface area (Å²) in [6, 6.07) is 4.45. The van der Waals surface area contributed by atoms with Gasteiger partial charge in [-0.25, -0.2) is 9.50 Å². The Bertz CT molecular complexity index is 1220. The smallest absolute Gasteiger partial charge is 0.158 e. The maximum atomic E-state index is 5.21. The standard InChI is InChI=1S/C24H30N6/c1-14(2)21-22(18-12-30-24(25-13-26-30)16(4)15(18)3)28-20-7-6-19(27-23(20)21)17-8-10-29(5)11-9-17/h6-7,12-14,17,28H,8-11H2,1-5H3. The van der Waals surface area contributed by atoms with Gasteiger partial charge in [0.15, 0.2) is 5.65 Å². The number of nitrogens with zero attached hydrogens (tertiary/aromatic N) is 5. The second-order valence-corrected chi connectivity index (χ2v) is 9.10. The third kappa shape index (κ3) is 3.01. The van der Waals surface area contributed by atoms with Crippen molar-refractivity contribution in [2.24, 2.45) is 0 Å². The van der Waals surface area contributed by atoms with Crippen LogP contribution in [0, 0.1) is 13.8 Å². The van der Waals surface area contributed by atoms with Gasteiger partial charge in [0, 0.05) is 28.9 Å². The zero-order chi connectivity index (χ0) is 21.0. The fraction of sp³-hybridized carbons (Fsp3) is 0.458. The molecule has 30 heavy (non-hydrogen) atoms. The SMILES string of the molecule is Cc1c(-c2[nH]c3ccc(C4CCN(C)CC4)nc3c2C(C)C)cn2ncnc2c1C. The number of aromatic amines is 1. The molecule has 0 unspecified atom stereocenters. The van der Waals surface area contributed by atoms with Gasteiger partial charge in [0.05, 0.1) is 16.7 Å². The number of hydrogen-bond donors (Lipinski definition) is 1. The molecule has 6 heteroatoms. The van der Waals surface area contributed by atoms with Crippen molar-refractivity contribution in [3.8, 4) is 11.3 Å². The first-order chi connectivity index (χ1) is 14.4. The van der Waals surface area contributed by atoms with E-state index >= 15 is 0 Å². The van der Waals surface area contributed by atoms with E-state index in [4.69, 9.17) is 4.98 Å². The molecular weight excluding hydrogens is 372 g/mol. The molecule has 0 amide bonds. The molecule has 1 aliphatic rings. The van der Waals surface area contributed by atoms with Gasteiger partial charge in [-0.05, 0) is 76.0 Å². The first kappa shape index (κ1) is 19.2. The number of H-pyrrole nitrogens is 1. The lowest BCUT2D eigenvalue weighted by Gasteiger charge is -2.28. The minimum Gasteiger partial charge on any atom is -0.353 e. The molecule has 0 spiro atoms. The van der Waals surface area contributed by atoms with Crippen molar-refractivity contribution in [1.82, 2.24) is 29.5 Å². The van der Waals surface area contributed by atoms with Crippen LogP contribution in [0.5, 0.6) is 0 Å². The highest BCUT2D eigenvalue weighted by Crippen LogP contribution is 2.38. The molecule has 0 radical (unpaired) electrons. The third-order valence-corrected chi connectivity index (χ3v) is 6.81. The Morgan fingerprint density at radius 2 is 1.87 bits per heavy atom. The summed E-state index contributed by atoms with van der Waals surface area (Å²) in [4.78, 5) is 15.7. The number of likely N-dealkylation sites (tertiary alicyclic amines) is 1. The van der Waals surface area contributed by atoms with Crippen LogP contribution in [0.1, 0.15) is 60.9 Å². The lowest BCUT2D eigenvalue weighted by molar-refractivity contribution is 0.253. The zero-order valence-corrected chi connectivity index (χ0v) is 18.5. The van der Waals surface area contributed by atoms with Crippen molar-refractivity contribution in [1.29, 1.82) is 0 Å². The quantitative estimate of drug-likeness (QED) is 0.534. The first-order valence-corrected chi connectivity index (χ1v) is 10.9. The van der Waals surface area contributed by atoms with E-state index in [0.717, 1.165) is 35.5 Å². The topological polar surface area (TPSA) is 62.1 Å². The number of fused-ring (bicyclic) bond motifs is 2. The van der Waals surface area contributed by atoms with Gasteiger partial charge in [0.2, 0.25) is 0 Å². The molecule has 6 nitrogen and oxygen atoms in total. The summed E-state index contributed by atoms with van der Waals surface area (Å²) < 4.78 is 1.88. The Labute approximate surface area is 177 Å². The van der Waals surface area contributed by atoms with Crippen LogP contribution in [0.2, 0.25) is 0 Å². The highest BCUT2D eigenvalue weighted by molar-refractivity contribution is 5.89. The monoisotopic (exact) mass is 402 g/mol. The zero-order valence-electron chi connectivity index (χ0n) is 18.5. The molecular formula is C24H30N6. The minimum atomic E-state index is 0.361. The minimum absolute atomic E-state index is 0.361. The highest BCUT2D eigenvalue weighted by atomic mass is 15.3. The molecule has 0 aromatic carbocycles. The lowest BCUT2D eigenvalue weighted by Crippen LogP contribution is -2.29. The fourth-order valence-corrected chi connectivity index (χ4v) is 4.86. The van der Waals surface area contributed by atoms with Crippen LogP contribution in [-0.2, 0) is 0 Å². The number of aryl methyl sites for hydroxylation is 1. The van der Waals surface area contributed by atoms with Crippen LogP contribution >= 0.6 is 0 Å². The number of nitrogens with one attached hydrogen (secondary N) is 1.